The SMILES string of the molecule is Cc1[nH]c(S[C@H](C)C(=O)NC2CCCCC2)nc1Cc1ccccc1. The molecule has 0 spiro atoms. The highest BCUT2D eigenvalue weighted by Crippen LogP contribution is 2.24. The zero-order valence-electron chi connectivity index (χ0n) is 15.0. The number of hydrogen-bond acceptors (Lipinski definition) is 3. The molecule has 3 rings (SSSR count). The fourth-order valence-corrected chi connectivity index (χ4v) is 4.16. The molecule has 1 fully saturated rings. The van der Waals surface area contributed by atoms with Gasteiger partial charge in [0.2, 0.25) is 5.91 Å². The Morgan fingerprint density at radius 3 is 2.72 bits per heavy atom. The number of aromatic nitrogens is 2. The molecule has 1 saturated carbocycles. The number of benzene rings is 1. The lowest BCUT2D eigenvalue weighted by atomic mass is 9.95. The Morgan fingerprint density at radius 1 is 1.28 bits per heavy atom. The molecule has 2 aromatic rings. The molecule has 0 saturated heterocycles. The average molecular weight is 358 g/mol. The highest BCUT2D eigenvalue weighted by atomic mass is 32.2. The number of hydrogen-bond donors (Lipinski definition) is 2. The van der Waals surface area contributed by atoms with Crippen LogP contribution in [0.25, 0.3) is 0 Å². The number of carbonyl (C=O) groups excluding carboxylic acids is 1. The van der Waals surface area contributed by atoms with Crippen molar-refractivity contribution >= 4 is 17.7 Å². The minimum Gasteiger partial charge on any atom is -0.352 e. The molecule has 25 heavy (non-hydrogen) atoms. The third-order valence-corrected chi connectivity index (χ3v) is 5.77. The van der Waals surface area contributed by atoms with Gasteiger partial charge < -0.3 is 10.3 Å². The molecule has 1 aromatic heterocycles. The van der Waals surface area contributed by atoms with Crippen LogP contribution in [0.1, 0.15) is 56.0 Å². The third-order valence-electron chi connectivity index (χ3n) is 4.79. The van der Waals surface area contributed by atoms with Gasteiger partial charge in [0.25, 0.3) is 0 Å². The van der Waals surface area contributed by atoms with E-state index in [-0.39, 0.29) is 11.2 Å². The summed E-state index contributed by atoms with van der Waals surface area (Å²) < 4.78 is 0. The van der Waals surface area contributed by atoms with Gasteiger partial charge >= 0.3 is 0 Å². The number of H-pyrrole nitrogens is 1. The molecule has 2 N–H and O–H groups in total. The van der Waals surface area contributed by atoms with E-state index in [1.807, 2.05) is 32.0 Å². The van der Waals surface area contributed by atoms with Crippen molar-refractivity contribution in [3.63, 3.8) is 0 Å². The van der Waals surface area contributed by atoms with Gasteiger partial charge in [-0.3, -0.25) is 4.79 Å². The van der Waals surface area contributed by atoms with E-state index in [0.717, 1.165) is 35.8 Å². The number of rotatable bonds is 6. The number of nitrogens with one attached hydrogen (secondary N) is 2. The molecule has 1 amide bonds. The number of nitrogens with zero attached hydrogens (tertiary/aromatic N) is 1. The summed E-state index contributed by atoms with van der Waals surface area (Å²) in [6, 6.07) is 10.7. The van der Waals surface area contributed by atoms with Crippen LogP contribution in [0.3, 0.4) is 0 Å². The van der Waals surface area contributed by atoms with Gasteiger partial charge in [0.1, 0.15) is 0 Å². The van der Waals surface area contributed by atoms with Crippen molar-refractivity contribution in [1.82, 2.24) is 15.3 Å². The molecule has 5 heteroatoms. The summed E-state index contributed by atoms with van der Waals surface area (Å²) in [5.74, 6) is 0.121. The van der Waals surface area contributed by atoms with Crippen LogP contribution in [0.5, 0.6) is 0 Å². The van der Waals surface area contributed by atoms with Crippen LogP contribution in [0.2, 0.25) is 0 Å². The summed E-state index contributed by atoms with van der Waals surface area (Å²) >= 11 is 1.51. The van der Waals surface area contributed by atoms with Crippen LogP contribution in [0.15, 0.2) is 35.5 Å². The molecule has 1 aliphatic carbocycles. The first kappa shape index (κ1) is 18.1. The second-order valence-electron chi connectivity index (χ2n) is 6.88. The molecule has 0 radical (unpaired) electrons. The summed E-state index contributed by atoms with van der Waals surface area (Å²) in [4.78, 5) is 20.5. The minimum atomic E-state index is -0.142. The van der Waals surface area contributed by atoms with Gasteiger partial charge in [0.15, 0.2) is 5.16 Å². The Kier molecular flexibility index (Phi) is 6.19. The third kappa shape index (κ3) is 5.11. The maximum Gasteiger partial charge on any atom is 0.233 e. The number of amides is 1. The molecule has 0 aliphatic heterocycles. The molecule has 1 heterocycles. The smallest absolute Gasteiger partial charge is 0.233 e. The summed E-state index contributed by atoms with van der Waals surface area (Å²) in [6.45, 7) is 4.00. The molecule has 134 valence electrons. The van der Waals surface area contributed by atoms with Gasteiger partial charge in [-0.2, -0.15) is 0 Å². The fourth-order valence-electron chi connectivity index (χ4n) is 3.27. The fraction of sp³-hybridized carbons (Fsp3) is 0.500. The number of aromatic amines is 1. The van der Waals surface area contributed by atoms with Gasteiger partial charge in [0.05, 0.1) is 10.9 Å². The highest BCUT2D eigenvalue weighted by molar-refractivity contribution is 8.00. The standard InChI is InChI=1S/C20H27N3OS/c1-14-18(13-16-9-5-3-6-10-16)23-20(21-14)25-15(2)19(24)22-17-11-7-4-8-12-17/h3,5-6,9-10,15,17H,4,7-8,11-13H2,1-2H3,(H,21,23)(H,22,24)/t15-/m1/s1. The van der Waals surface area contributed by atoms with Gasteiger partial charge in [-0.1, -0.05) is 61.4 Å². The van der Waals surface area contributed by atoms with Gasteiger partial charge in [-0.15, -0.1) is 0 Å². The van der Waals surface area contributed by atoms with Crippen LogP contribution in [-0.4, -0.2) is 27.2 Å². The summed E-state index contributed by atoms with van der Waals surface area (Å²) in [6.07, 6.45) is 6.80. The van der Waals surface area contributed by atoms with Gasteiger partial charge in [-0.25, -0.2) is 4.98 Å². The van der Waals surface area contributed by atoms with E-state index in [4.69, 9.17) is 4.98 Å². The van der Waals surface area contributed by atoms with E-state index in [1.54, 1.807) is 0 Å². The first-order valence-corrected chi connectivity index (χ1v) is 10.1. The van der Waals surface area contributed by atoms with Crippen molar-refractivity contribution < 1.29 is 4.79 Å². The molecule has 0 unspecified atom stereocenters. The Labute approximate surface area is 154 Å². The summed E-state index contributed by atoms with van der Waals surface area (Å²) in [7, 11) is 0. The van der Waals surface area contributed by atoms with E-state index in [9.17, 15) is 4.79 Å². The second-order valence-corrected chi connectivity index (χ2v) is 8.21. The van der Waals surface area contributed by atoms with E-state index in [1.165, 1.54) is 36.6 Å². The second kappa shape index (κ2) is 8.56. The minimum absolute atomic E-state index is 0.121. The van der Waals surface area contributed by atoms with Crippen LogP contribution in [-0.2, 0) is 11.2 Å². The largest absolute Gasteiger partial charge is 0.352 e. The Bertz CT molecular complexity index is 692. The maximum absolute atomic E-state index is 12.4. The van der Waals surface area contributed by atoms with Crippen molar-refractivity contribution in [2.45, 2.75) is 68.8 Å². The van der Waals surface area contributed by atoms with Crippen LogP contribution in [0.4, 0.5) is 0 Å². The van der Waals surface area contributed by atoms with Crippen LogP contribution >= 0.6 is 11.8 Å². The molecule has 1 aliphatic rings. The van der Waals surface area contributed by atoms with E-state index in [2.05, 4.69) is 22.4 Å². The zero-order valence-corrected chi connectivity index (χ0v) is 15.9. The zero-order chi connectivity index (χ0) is 17.6. The number of carbonyl (C=O) groups is 1. The van der Waals surface area contributed by atoms with Crippen molar-refractivity contribution in [3.05, 3.63) is 47.3 Å². The predicted molar refractivity (Wildman–Crippen MR) is 103 cm³/mol. The number of aryl methyl sites for hydroxylation is 1. The Hall–Kier alpha value is -1.75. The Morgan fingerprint density at radius 2 is 2.00 bits per heavy atom. The first-order chi connectivity index (χ1) is 12.1. The molecular formula is C20H27N3OS. The first-order valence-electron chi connectivity index (χ1n) is 9.18. The molecular weight excluding hydrogens is 330 g/mol. The van der Waals surface area contributed by atoms with Gasteiger partial charge in [0, 0.05) is 18.2 Å². The quantitative estimate of drug-likeness (QED) is 0.760. The number of thioether (sulfide) groups is 1. The number of imidazole rings is 1. The van der Waals surface area contributed by atoms with E-state index in [0.29, 0.717) is 6.04 Å². The summed E-state index contributed by atoms with van der Waals surface area (Å²) in [5.41, 5.74) is 3.37. The topological polar surface area (TPSA) is 57.8 Å². The lowest BCUT2D eigenvalue weighted by Gasteiger charge is -2.24. The van der Waals surface area contributed by atoms with E-state index < -0.39 is 0 Å². The average Bonchev–Trinajstić information content (AvgIpc) is 2.95. The van der Waals surface area contributed by atoms with Gasteiger partial charge in [-0.05, 0) is 32.3 Å². The molecule has 1 atom stereocenters. The van der Waals surface area contributed by atoms with Crippen molar-refractivity contribution in [2.24, 2.45) is 0 Å². The summed E-state index contributed by atoms with van der Waals surface area (Å²) in [5, 5.41) is 3.89. The van der Waals surface area contributed by atoms with Crippen molar-refractivity contribution in [3.8, 4) is 0 Å². The van der Waals surface area contributed by atoms with Crippen molar-refractivity contribution in [2.75, 3.05) is 0 Å². The van der Waals surface area contributed by atoms with Crippen molar-refractivity contribution in [1.29, 1.82) is 0 Å². The molecule has 4 nitrogen and oxygen atoms in total. The Balaban J connectivity index is 1.56. The van der Waals surface area contributed by atoms with Crippen LogP contribution < -0.4 is 5.32 Å². The lowest BCUT2D eigenvalue weighted by Crippen LogP contribution is -2.40. The lowest BCUT2D eigenvalue weighted by molar-refractivity contribution is -0.121. The molecule has 0 bridgehead atoms. The molecule has 1 aromatic carbocycles. The predicted octanol–water partition coefficient (Wildman–Crippen LogP) is 4.24. The normalized spacial score (nSPS) is 16.6. The highest BCUT2D eigenvalue weighted by Gasteiger charge is 2.21. The maximum atomic E-state index is 12.4. The van der Waals surface area contributed by atoms with Crippen LogP contribution in [0, 0.1) is 6.92 Å². The van der Waals surface area contributed by atoms with E-state index >= 15 is 0 Å². The monoisotopic (exact) mass is 357 g/mol.